The van der Waals surface area contributed by atoms with E-state index in [1.54, 1.807) is 13.8 Å². The number of hydrogen-bond acceptors (Lipinski definition) is 12. The van der Waals surface area contributed by atoms with Crippen LogP contribution in [0.1, 0.15) is 13.8 Å². The minimum atomic E-state index is -1.66. The average Bonchev–Trinajstić information content (AvgIpc) is 2.46. The Balaban J connectivity index is 0.000000809. The second-order valence-corrected chi connectivity index (χ2v) is 8.98. The second kappa shape index (κ2) is 16.6. The molecule has 23 heavy (non-hydrogen) atoms. The van der Waals surface area contributed by atoms with Crippen LogP contribution in [0.2, 0.25) is 0 Å². The Morgan fingerprint density at radius 2 is 1.22 bits per heavy atom. The fraction of sp³-hybridized carbons (Fsp3) is 0.500. The summed E-state index contributed by atoms with van der Waals surface area (Å²) < 4.78 is 39.2. The van der Waals surface area contributed by atoms with Crippen molar-refractivity contribution in [1.29, 1.82) is 0 Å². The third-order valence-corrected chi connectivity index (χ3v) is 9.15. The normalized spacial score (nSPS) is 11.1. The number of thiocarbonyl (C=S) groups is 4. The van der Waals surface area contributed by atoms with Crippen molar-refractivity contribution in [2.75, 3.05) is 13.2 Å². The molecule has 0 unspecified atom stereocenters. The summed E-state index contributed by atoms with van der Waals surface area (Å²) in [7, 11) is 0. The fourth-order valence-electron chi connectivity index (χ4n) is 0.569. The number of hydrogen-bond donors (Lipinski definition) is 0. The molecule has 0 spiro atoms. The van der Waals surface area contributed by atoms with Gasteiger partial charge in [0, 0.05) is 0 Å². The van der Waals surface area contributed by atoms with Crippen LogP contribution in [0, 0.1) is 0 Å². The van der Waals surface area contributed by atoms with Crippen LogP contribution in [-0.2, 0) is 27.9 Å². The molecule has 15 heteroatoms. The average molecular weight is 719 g/mol. The molecule has 0 amide bonds. The summed E-state index contributed by atoms with van der Waals surface area (Å²) in [5.41, 5.74) is 0. The van der Waals surface area contributed by atoms with Gasteiger partial charge in [-0.25, -0.2) is 0 Å². The fourth-order valence-corrected chi connectivity index (χ4v) is 4.87. The van der Waals surface area contributed by atoms with Crippen LogP contribution in [0.15, 0.2) is 0 Å². The predicted octanol–water partition coefficient (Wildman–Crippen LogP) is 0.901. The molecule has 1 fully saturated rings. The van der Waals surface area contributed by atoms with Crippen LogP contribution in [0.3, 0.4) is 0 Å². The van der Waals surface area contributed by atoms with Gasteiger partial charge in [-0.1, -0.05) is 0 Å². The van der Waals surface area contributed by atoms with E-state index in [0.29, 0.717) is 18.5 Å². The van der Waals surface area contributed by atoms with Crippen molar-refractivity contribution in [3.05, 3.63) is 0 Å². The summed E-state index contributed by atoms with van der Waals surface area (Å²) in [5, 5.41) is 0.477. The van der Waals surface area contributed by atoms with Crippen LogP contribution in [0.4, 0.5) is 0 Å². The van der Waals surface area contributed by atoms with Gasteiger partial charge in [-0.3, -0.25) is 0 Å². The van der Waals surface area contributed by atoms with E-state index in [9.17, 15) is 0 Å². The molecular formula is C8H10O8S4Sn3. The van der Waals surface area contributed by atoms with Crippen LogP contribution < -0.4 is 0 Å². The molecule has 0 aromatic carbocycles. The first-order valence-electron chi connectivity index (χ1n) is 5.67. The van der Waals surface area contributed by atoms with E-state index in [-0.39, 0.29) is 15.7 Å². The van der Waals surface area contributed by atoms with Crippen LogP contribution in [0.25, 0.3) is 0 Å². The third-order valence-electron chi connectivity index (χ3n) is 1.27. The zero-order valence-electron chi connectivity index (χ0n) is 11.8. The molecule has 0 bridgehead atoms. The maximum absolute atomic E-state index is 5.07. The molecule has 1 aliphatic heterocycles. The molecule has 1 aliphatic rings. The summed E-state index contributed by atoms with van der Waals surface area (Å²) >= 11 is 14.6. The molecule has 8 nitrogen and oxygen atoms in total. The first-order chi connectivity index (χ1) is 11.0. The summed E-state index contributed by atoms with van der Waals surface area (Å²) in [6.07, 6.45) is 0. The molecule has 0 atom stereocenters. The quantitative estimate of drug-likeness (QED) is 0.290. The van der Waals surface area contributed by atoms with Gasteiger partial charge in [-0.05, 0) is 0 Å². The zero-order valence-corrected chi connectivity index (χ0v) is 23.6. The topological polar surface area (TPSA) is 73.8 Å². The second-order valence-electron chi connectivity index (χ2n) is 2.73. The van der Waals surface area contributed by atoms with Gasteiger partial charge in [0.05, 0.1) is 0 Å². The van der Waals surface area contributed by atoms with Gasteiger partial charge < -0.3 is 0 Å². The number of rotatable bonds is 6. The van der Waals surface area contributed by atoms with E-state index < -0.39 is 65.9 Å². The predicted molar refractivity (Wildman–Crippen MR) is 97.4 cm³/mol. The molecule has 0 aliphatic carbocycles. The molecule has 6 radical (unpaired) electrons. The van der Waals surface area contributed by atoms with Crippen LogP contribution in [0.5, 0.6) is 0 Å². The van der Waals surface area contributed by atoms with Crippen molar-refractivity contribution in [3.8, 4) is 0 Å². The van der Waals surface area contributed by atoms with Crippen molar-refractivity contribution in [1.82, 2.24) is 0 Å². The molecular weight excluding hydrogens is 708 g/mol. The third kappa shape index (κ3) is 16.4. The molecule has 0 N–H and O–H groups in total. The van der Waals surface area contributed by atoms with Gasteiger partial charge in [-0.15, -0.1) is 0 Å². The van der Waals surface area contributed by atoms with Gasteiger partial charge >= 0.3 is 191 Å². The Hall–Kier alpha value is 1.16. The molecule has 1 rings (SSSR count). The Morgan fingerprint density at radius 3 is 1.48 bits per heavy atom. The van der Waals surface area contributed by atoms with Crippen molar-refractivity contribution < 1.29 is 27.9 Å². The van der Waals surface area contributed by atoms with Crippen molar-refractivity contribution in [2.45, 2.75) is 13.8 Å². The molecule has 0 aromatic heterocycles. The Bertz CT molecular complexity index is 381. The van der Waals surface area contributed by atoms with E-state index in [2.05, 4.69) is 18.4 Å². The molecule has 0 saturated carbocycles. The SMILES string of the molecule is CCOC(=S)[O][Sn][O]C(=S)[O][Sn][O]C(=S)OCC.S=C1[O][Sn][O]1. The Morgan fingerprint density at radius 1 is 0.870 bits per heavy atom. The van der Waals surface area contributed by atoms with Crippen molar-refractivity contribution in [2.24, 2.45) is 0 Å². The van der Waals surface area contributed by atoms with Gasteiger partial charge in [-0.2, -0.15) is 0 Å². The molecule has 1 heterocycles. The first-order valence-corrected chi connectivity index (χ1v) is 14.3. The summed E-state index contributed by atoms with van der Waals surface area (Å²) in [4.78, 5) is 0. The summed E-state index contributed by atoms with van der Waals surface area (Å²) in [5.74, 6) is 0. The van der Waals surface area contributed by atoms with E-state index in [4.69, 9.17) is 58.4 Å². The monoisotopic (exact) mass is 722 g/mol. The van der Waals surface area contributed by atoms with Crippen LogP contribution >= 0.6 is 48.9 Å². The molecule has 126 valence electrons. The zero-order chi connectivity index (χ0) is 17.5. The van der Waals surface area contributed by atoms with Gasteiger partial charge in [0.1, 0.15) is 0 Å². The Labute approximate surface area is 188 Å². The first kappa shape index (κ1) is 24.2. The standard InChI is InChI=1S/2C3H6O2S.2CH2O2S.3Sn/c2*1-2-5-3(4)6;2*2-1(3)4;;;/h2*2H2,1H3,(H,4,6);2*(H2,2,3,4);;;/q;;;;3*+2/p-6. The summed E-state index contributed by atoms with van der Waals surface area (Å²) in [6.45, 7) is 4.52. The number of ether oxygens (including phenoxy) is 2. The van der Waals surface area contributed by atoms with Crippen molar-refractivity contribution >= 4 is 136 Å². The van der Waals surface area contributed by atoms with Gasteiger partial charge in [0.15, 0.2) is 0 Å². The van der Waals surface area contributed by atoms with Crippen molar-refractivity contribution in [3.63, 3.8) is 0 Å². The van der Waals surface area contributed by atoms with Gasteiger partial charge in [0.2, 0.25) is 0 Å². The van der Waals surface area contributed by atoms with Crippen LogP contribution in [-0.4, -0.2) is 100 Å². The Kier molecular flexibility index (Phi) is 17.5. The molecule has 1 saturated heterocycles. The van der Waals surface area contributed by atoms with E-state index >= 15 is 0 Å². The molecule has 0 aromatic rings. The van der Waals surface area contributed by atoms with E-state index in [1.165, 1.54) is 0 Å². The maximum atomic E-state index is 5.07. The van der Waals surface area contributed by atoms with Gasteiger partial charge in [0.25, 0.3) is 0 Å². The van der Waals surface area contributed by atoms with E-state index in [1.807, 2.05) is 0 Å². The van der Waals surface area contributed by atoms with E-state index in [0.717, 1.165) is 0 Å². The minimum absolute atomic E-state index is 0.00760. The summed E-state index contributed by atoms with van der Waals surface area (Å²) in [6, 6.07) is 0.